The summed E-state index contributed by atoms with van der Waals surface area (Å²) in [7, 11) is 1.77. The van der Waals surface area contributed by atoms with Crippen LogP contribution in [0.4, 0.5) is 0 Å². The van der Waals surface area contributed by atoms with Gasteiger partial charge in [0.15, 0.2) is 0 Å². The second-order valence-corrected chi connectivity index (χ2v) is 4.72. The van der Waals surface area contributed by atoms with Gasteiger partial charge in [0.25, 0.3) is 0 Å². The third-order valence-corrected chi connectivity index (χ3v) is 2.89. The second-order valence-electron chi connectivity index (χ2n) is 3.40. The lowest BCUT2D eigenvalue weighted by Crippen LogP contribution is -2.35. The van der Waals surface area contributed by atoms with Crippen LogP contribution in [0.1, 0.15) is 9.88 Å². The molecule has 16 heavy (non-hydrogen) atoms. The summed E-state index contributed by atoms with van der Waals surface area (Å²) in [5.74, 6) is 2.45. The van der Waals surface area contributed by atoms with Crippen LogP contribution in [0.15, 0.2) is 6.20 Å². The number of rotatable bonds is 5. The second kappa shape index (κ2) is 6.26. The van der Waals surface area contributed by atoms with Crippen LogP contribution in [0.2, 0.25) is 0 Å². The van der Waals surface area contributed by atoms with E-state index in [1.54, 1.807) is 29.5 Å². The molecule has 0 spiro atoms. The van der Waals surface area contributed by atoms with Crippen LogP contribution in [0.25, 0.3) is 0 Å². The van der Waals surface area contributed by atoms with Gasteiger partial charge in [0.1, 0.15) is 0 Å². The van der Waals surface area contributed by atoms with Gasteiger partial charge in [-0.05, 0) is 6.92 Å². The third-order valence-electron chi connectivity index (χ3n) is 1.99. The molecule has 1 amide bonds. The molecule has 0 fully saturated rings. The van der Waals surface area contributed by atoms with Crippen LogP contribution in [0, 0.1) is 19.3 Å². The molecular formula is C11H15N3OS. The van der Waals surface area contributed by atoms with Gasteiger partial charge in [0, 0.05) is 18.1 Å². The molecular weight excluding hydrogens is 222 g/mol. The van der Waals surface area contributed by atoms with Crippen molar-refractivity contribution in [2.45, 2.75) is 13.5 Å². The topological polar surface area (TPSA) is 45.2 Å². The van der Waals surface area contributed by atoms with Gasteiger partial charge in [0.05, 0.1) is 24.6 Å². The zero-order chi connectivity index (χ0) is 12.0. The fraction of sp³-hybridized carbons (Fsp3) is 0.455. The maximum atomic E-state index is 11.6. The highest BCUT2D eigenvalue weighted by Crippen LogP contribution is 2.13. The van der Waals surface area contributed by atoms with Gasteiger partial charge >= 0.3 is 0 Å². The summed E-state index contributed by atoms with van der Waals surface area (Å²) in [5.41, 5.74) is 0. The predicted octanol–water partition coefficient (Wildman–Crippen LogP) is 0.633. The Morgan fingerprint density at radius 1 is 1.75 bits per heavy atom. The predicted molar refractivity (Wildman–Crippen MR) is 65.0 cm³/mol. The van der Waals surface area contributed by atoms with Gasteiger partial charge in [-0.1, -0.05) is 5.92 Å². The molecule has 0 saturated carbocycles. The zero-order valence-electron chi connectivity index (χ0n) is 9.49. The fourth-order valence-electron chi connectivity index (χ4n) is 1.18. The molecule has 0 radical (unpaired) electrons. The highest BCUT2D eigenvalue weighted by atomic mass is 32.1. The summed E-state index contributed by atoms with van der Waals surface area (Å²) in [6.07, 6.45) is 6.88. The van der Waals surface area contributed by atoms with Gasteiger partial charge in [-0.2, -0.15) is 0 Å². The Morgan fingerprint density at radius 3 is 3.06 bits per heavy atom. The van der Waals surface area contributed by atoms with Crippen molar-refractivity contribution in [2.24, 2.45) is 0 Å². The Labute approximate surface area is 99.7 Å². The van der Waals surface area contributed by atoms with E-state index in [2.05, 4.69) is 16.2 Å². The molecule has 0 aliphatic carbocycles. The molecule has 0 unspecified atom stereocenters. The number of aromatic nitrogens is 1. The monoisotopic (exact) mass is 237 g/mol. The summed E-state index contributed by atoms with van der Waals surface area (Å²) in [6.45, 7) is 3.24. The average Bonchev–Trinajstić information content (AvgIpc) is 2.64. The van der Waals surface area contributed by atoms with Crippen molar-refractivity contribution < 1.29 is 4.79 Å². The first kappa shape index (κ1) is 12.7. The van der Waals surface area contributed by atoms with Crippen molar-refractivity contribution in [1.29, 1.82) is 0 Å². The fourth-order valence-corrected chi connectivity index (χ4v) is 2.03. The molecule has 1 heterocycles. The van der Waals surface area contributed by atoms with Crippen molar-refractivity contribution in [2.75, 3.05) is 20.1 Å². The van der Waals surface area contributed by atoms with Crippen LogP contribution in [0.3, 0.4) is 0 Å². The molecule has 1 aromatic rings. The molecule has 0 aromatic carbocycles. The summed E-state index contributed by atoms with van der Waals surface area (Å²) in [6, 6.07) is 0. The number of aryl methyl sites for hydroxylation is 1. The molecule has 4 nitrogen and oxygen atoms in total. The first-order valence-electron chi connectivity index (χ1n) is 4.93. The number of carbonyl (C=O) groups is 1. The molecule has 1 aromatic heterocycles. The minimum Gasteiger partial charge on any atom is -0.339 e. The Kier molecular flexibility index (Phi) is 4.96. The van der Waals surface area contributed by atoms with Crippen molar-refractivity contribution in [3.05, 3.63) is 16.1 Å². The lowest BCUT2D eigenvalue weighted by atomic mass is 10.4. The Morgan fingerprint density at radius 2 is 2.50 bits per heavy atom. The highest BCUT2D eigenvalue weighted by molar-refractivity contribution is 7.11. The molecule has 0 atom stereocenters. The van der Waals surface area contributed by atoms with E-state index in [0.29, 0.717) is 13.1 Å². The minimum atomic E-state index is 0.0290. The summed E-state index contributed by atoms with van der Waals surface area (Å²) in [5, 5.41) is 3.88. The van der Waals surface area contributed by atoms with Crippen molar-refractivity contribution >= 4 is 17.2 Å². The number of likely N-dealkylation sites (N-methyl/N-ethyl adjacent to an activating group) is 1. The molecule has 1 rings (SSSR count). The Bertz CT molecular complexity index is 394. The van der Waals surface area contributed by atoms with Crippen LogP contribution in [-0.4, -0.2) is 35.9 Å². The van der Waals surface area contributed by atoms with Gasteiger partial charge in [-0.25, -0.2) is 4.98 Å². The van der Waals surface area contributed by atoms with E-state index in [9.17, 15) is 4.79 Å². The van der Waals surface area contributed by atoms with Gasteiger partial charge in [-0.3, -0.25) is 10.1 Å². The molecule has 0 aliphatic heterocycles. The average molecular weight is 237 g/mol. The van der Waals surface area contributed by atoms with Crippen LogP contribution < -0.4 is 5.32 Å². The van der Waals surface area contributed by atoms with E-state index >= 15 is 0 Å². The smallest absolute Gasteiger partial charge is 0.236 e. The van der Waals surface area contributed by atoms with E-state index in [1.165, 1.54) is 0 Å². The van der Waals surface area contributed by atoms with Crippen molar-refractivity contribution in [3.8, 4) is 12.3 Å². The van der Waals surface area contributed by atoms with E-state index in [1.807, 2.05) is 6.92 Å². The minimum absolute atomic E-state index is 0.0290. The molecule has 5 heteroatoms. The normalized spacial score (nSPS) is 9.81. The number of nitrogens with zero attached hydrogens (tertiary/aromatic N) is 2. The van der Waals surface area contributed by atoms with Gasteiger partial charge in [-0.15, -0.1) is 17.8 Å². The largest absolute Gasteiger partial charge is 0.339 e. The number of nitrogens with one attached hydrogen (secondary N) is 1. The first-order valence-corrected chi connectivity index (χ1v) is 5.74. The number of carbonyl (C=O) groups excluding carboxylic acids is 1. The first-order chi connectivity index (χ1) is 7.63. The standard InChI is InChI=1S/C11H15N3OS/c1-4-5-12-7-11(15)14(3)8-10-6-13-9(2)16-10/h1,6,12H,5,7-8H2,2-3H3. The Hall–Kier alpha value is -1.38. The molecule has 1 N–H and O–H groups in total. The van der Waals surface area contributed by atoms with Gasteiger partial charge < -0.3 is 4.90 Å². The number of amides is 1. The van der Waals surface area contributed by atoms with Crippen LogP contribution in [0.5, 0.6) is 0 Å². The number of thiazole rings is 1. The van der Waals surface area contributed by atoms with E-state index in [0.717, 1.165) is 9.88 Å². The number of hydrogen-bond donors (Lipinski definition) is 1. The summed E-state index contributed by atoms with van der Waals surface area (Å²) in [4.78, 5) is 18.5. The number of terminal acetylenes is 1. The quantitative estimate of drug-likeness (QED) is 0.603. The lowest BCUT2D eigenvalue weighted by Gasteiger charge is -2.15. The molecule has 0 aliphatic rings. The van der Waals surface area contributed by atoms with Gasteiger partial charge in [0.2, 0.25) is 5.91 Å². The molecule has 0 bridgehead atoms. The molecule has 86 valence electrons. The van der Waals surface area contributed by atoms with Crippen molar-refractivity contribution in [1.82, 2.24) is 15.2 Å². The van der Waals surface area contributed by atoms with Crippen LogP contribution in [-0.2, 0) is 11.3 Å². The Balaban J connectivity index is 2.37. The van der Waals surface area contributed by atoms with Crippen molar-refractivity contribution in [3.63, 3.8) is 0 Å². The zero-order valence-corrected chi connectivity index (χ0v) is 10.3. The third kappa shape index (κ3) is 4.01. The number of hydrogen-bond acceptors (Lipinski definition) is 4. The maximum Gasteiger partial charge on any atom is 0.236 e. The van der Waals surface area contributed by atoms with Crippen LogP contribution >= 0.6 is 11.3 Å². The van der Waals surface area contributed by atoms with E-state index in [-0.39, 0.29) is 12.5 Å². The molecule has 0 saturated heterocycles. The van der Waals surface area contributed by atoms with E-state index in [4.69, 9.17) is 6.42 Å². The highest BCUT2D eigenvalue weighted by Gasteiger charge is 2.09. The lowest BCUT2D eigenvalue weighted by molar-refractivity contribution is -0.129. The summed E-state index contributed by atoms with van der Waals surface area (Å²) >= 11 is 1.60. The maximum absolute atomic E-state index is 11.6. The van der Waals surface area contributed by atoms with E-state index < -0.39 is 0 Å². The summed E-state index contributed by atoms with van der Waals surface area (Å²) < 4.78 is 0. The SMILES string of the molecule is C#CCNCC(=O)N(C)Cc1cnc(C)s1.